The number of β-amino-alcohol motifs (C(OH)–C–C–N with tert-alkyl or cyclic N) is 1. The van der Waals surface area contributed by atoms with Crippen LogP contribution in [0.5, 0.6) is 5.75 Å². The molecule has 1 aromatic carbocycles. The number of imide groups is 1. The molecule has 0 aromatic heterocycles. The first-order valence-electron chi connectivity index (χ1n) is 6.92. The fourth-order valence-electron chi connectivity index (χ4n) is 2.16. The monoisotopic (exact) mass is 326 g/mol. The molecule has 1 fully saturated rings. The van der Waals surface area contributed by atoms with E-state index in [-0.39, 0.29) is 19.1 Å². The Morgan fingerprint density at radius 2 is 2.09 bits per heavy atom. The Labute approximate surface area is 134 Å². The number of aliphatic hydroxyl groups is 1. The van der Waals surface area contributed by atoms with Gasteiger partial charge in [0.05, 0.1) is 11.6 Å². The van der Waals surface area contributed by atoms with Crippen molar-refractivity contribution in [3.05, 3.63) is 28.8 Å². The molecule has 0 bridgehead atoms. The van der Waals surface area contributed by atoms with Crippen LogP contribution in [0.1, 0.15) is 19.4 Å². The average Bonchev–Trinajstić information content (AvgIpc) is 2.60. The highest BCUT2D eigenvalue weighted by molar-refractivity contribution is 6.32. The normalized spacial score (nSPS) is 18.3. The summed E-state index contributed by atoms with van der Waals surface area (Å²) in [5.74, 6) is 0.0776. The van der Waals surface area contributed by atoms with E-state index >= 15 is 0 Å². The zero-order valence-electron chi connectivity index (χ0n) is 12.7. The van der Waals surface area contributed by atoms with E-state index in [1.807, 2.05) is 13.0 Å². The van der Waals surface area contributed by atoms with Crippen molar-refractivity contribution in [2.24, 2.45) is 0 Å². The minimum absolute atomic E-state index is 0.0692. The number of amides is 3. The van der Waals surface area contributed by atoms with Gasteiger partial charge in [-0.25, -0.2) is 4.79 Å². The van der Waals surface area contributed by atoms with E-state index in [0.717, 1.165) is 10.5 Å². The van der Waals surface area contributed by atoms with Crippen molar-refractivity contribution < 1.29 is 19.4 Å². The molecule has 22 heavy (non-hydrogen) atoms. The lowest BCUT2D eigenvalue weighted by atomic mass is 10.1. The number of rotatable bonds is 5. The van der Waals surface area contributed by atoms with Gasteiger partial charge in [-0.2, -0.15) is 0 Å². The number of halogens is 1. The third kappa shape index (κ3) is 3.51. The molecule has 0 aliphatic carbocycles. The van der Waals surface area contributed by atoms with Crippen LogP contribution in [0.15, 0.2) is 18.2 Å². The highest BCUT2D eigenvalue weighted by atomic mass is 35.5. The number of ether oxygens (including phenoxy) is 1. The van der Waals surface area contributed by atoms with Crippen LogP contribution in [0.25, 0.3) is 0 Å². The molecule has 6 nitrogen and oxygen atoms in total. The van der Waals surface area contributed by atoms with Crippen LogP contribution in [-0.2, 0) is 4.79 Å². The Morgan fingerprint density at radius 3 is 2.64 bits per heavy atom. The zero-order chi connectivity index (χ0) is 16.5. The van der Waals surface area contributed by atoms with Gasteiger partial charge in [-0.15, -0.1) is 0 Å². The van der Waals surface area contributed by atoms with Crippen molar-refractivity contribution in [1.82, 2.24) is 10.2 Å². The number of benzene rings is 1. The van der Waals surface area contributed by atoms with Crippen LogP contribution in [0.4, 0.5) is 4.79 Å². The lowest BCUT2D eigenvalue weighted by Crippen LogP contribution is -2.42. The van der Waals surface area contributed by atoms with E-state index in [1.165, 1.54) is 0 Å². The quantitative estimate of drug-likeness (QED) is 0.808. The third-order valence-electron chi connectivity index (χ3n) is 3.36. The number of nitrogens with one attached hydrogen (secondary N) is 1. The SMILES string of the molecule is Cc1ccc(OCC(O)CN2C(=O)NC(C)(C)C2=O)c(Cl)c1. The maximum atomic E-state index is 12.0. The number of aliphatic hydroxyl groups excluding tert-OH is 1. The van der Waals surface area contributed by atoms with Crippen molar-refractivity contribution in [3.8, 4) is 5.75 Å². The topological polar surface area (TPSA) is 78.9 Å². The summed E-state index contributed by atoms with van der Waals surface area (Å²) in [6.07, 6.45) is -0.999. The van der Waals surface area contributed by atoms with Crippen LogP contribution in [0.2, 0.25) is 5.02 Å². The van der Waals surface area contributed by atoms with E-state index in [2.05, 4.69) is 5.32 Å². The third-order valence-corrected chi connectivity index (χ3v) is 3.65. The van der Waals surface area contributed by atoms with E-state index < -0.39 is 17.7 Å². The van der Waals surface area contributed by atoms with Crippen LogP contribution >= 0.6 is 11.6 Å². The summed E-state index contributed by atoms with van der Waals surface area (Å²) in [6, 6.07) is 4.79. The Balaban J connectivity index is 1.92. The largest absolute Gasteiger partial charge is 0.489 e. The predicted molar refractivity (Wildman–Crippen MR) is 82.0 cm³/mol. The predicted octanol–water partition coefficient (Wildman–Crippen LogP) is 1.72. The van der Waals surface area contributed by atoms with Crippen LogP contribution in [-0.4, -0.2) is 46.7 Å². The first-order valence-corrected chi connectivity index (χ1v) is 7.29. The lowest BCUT2D eigenvalue weighted by molar-refractivity contribution is -0.131. The maximum absolute atomic E-state index is 12.0. The number of carbonyl (C=O) groups is 2. The second kappa shape index (κ2) is 6.14. The molecule has 1 unspecified atom stereocenters. The number of aryl methyl sites for hydroxylation is 1. The first kappa shape index (κ1) is 16.6. The van der Waals surface area contributed by atoms with Crippen molar-refractivity contribution >= 4 is 23.5 Å². The first-order chi connectivity index (χ1) is 10.2. The molecule has 1 aromatic rings. The second-order valence-electron chi connectivity index (χ2n) is 5.87. The second-order valence-corrected chi connectivity index (χ2v) is 6.28. The van der Waals surface area contributed by atoms with Gasteiger partial charge in [-0.05, 0) is 38.5 Å². The van der Waals surface area contributed by atoms with E-state index in [1.54, 1.807) is 26.0 Å². The number of nitrogens with zero attached hydrogens (tertiary/aromatic N) is 1. The molecule has 1 atom stereocenters. The molecule has 1 saturated heterocycles. The van der Waals surface area contributed by atoms with Gasteiger partial charge in [0, 0.05) is 0 Å². The molecule has 0 saturated carbocycles. The number of urea groups is 1. The van der Waals surface area contributed by atoms with Gasteiger partial charge in [-0.3, -0.25) is 9.69 Å². The maximum Gasteiger partial charge on any atom is 0.325 e. The highest BCUT2D eigenvalue weighted by Crippen LogP contribution is 2.25. The molecule has 1 aliphatic heterocycles. The summed E-state index contributed by atoms with van der Waals surface area (Å²) in [7, 11) is 0. The summed E-state index contributed by atoms with van der Waals surface area (Å²) in [5, 5.41) is 13.0. The van der Waals surface area contributed by atoms with Crippen LogP contribution < -0.4 is 10.1 Å². The molecule has 2 rings (SSSR count). The van der Waals surface area contributed by atoms with Crippen molar-refractivity contribution in [2.75, 3.05) is 13.2 Å². The van der Waals surface area contributed by atoms with E-state index in [9.17, 15) is 14.7 Å². The summed E-state index contributed by atoms with van der Waals surface area (Å²) < 4.78 is 5.43. The summed E-state index contributed by atoms with van der Waals surface area (Å²) in [6.45, 7) is 4.94. The standard InChI is InChI=1S/C15H19ClN2O4/c1-9-4-5-12(11(16)6-9)22-8-10(19)7-18-13(20)15(2,3)17-14(18)21/h4-6,10,19H,7-8H2,1-3H3,(H,17,21). The molecule has 1 aliphatic rings. The van der Waals surface area contributed by atoms with Crippen LogP contribution in [0, 0.1) is 6.92 Å². The Morgan fingerprint density at radius 1 is 1.41 bits per heavy atom. The molecule has 0 radical (unpaired) electrons. The van der Waals surface area contributed by atoms with Gasteiger partial charge in [0.25, 0.3) is 5.91 Å². The lowest BCUT2D eigenvalue weighted by Gasteiger charge is -2.19. The molecule has 120 valence electrons. The Bertz CT molecular complexity index is 603. The molecule has 7 heteroatoms. The minimum Gasteiger partial charge on any atom is -0.489 e. The summed E-state index contributed by atoms with van der Waals surface area (Å²) in [5.41, 5.74) is 0.0530. The van der Waals surface area contributed by atoms with Crippen LogP contribution in [0.3, 0.4) is 0 Å². The Kier molecular flexibility index (Phi) is 4.63. The van der Waals surface area contributed by atoms with Gasteiger partial charge >= 0.3 is 6.03 Å². The molecular weight excluding hydrogens is 308 g/mol. The van der Waals surface area contributed by atoms with Crippen molar-refractivity contribution in [2.45, 2.75) is 32.4 Å². The van der Waals surface area contributed by atoms with Crippen molar-refractivity contribution in [3.63, 3.8) is 0 Å². The molecule has 2 N–H and O–H groups in total. The highest BCUT2D eigenvalue weighted by Gasteiger charge is 2.44. The van der Waals surface area contributed by atoms with Gasteiger partial charge < -0.3 is 15.2 Å². The summed E-state index contributed by atoms with van der Waals surface area (Å²) in [4.78, 5) is 24.7. The zero-order valence-corrected chi connectivity index (χ0v) is 13.5. The molecule has 0 spiro atoms. The van der Waals surface area contributed by atoms with E-state index in [4.69, 9.17) is 16.3 Å². The fourth-order valence-corrected chi connectivity index (χ4v) is 2.45. The molecular formula is C15H19ClN2O4. The smallest absolute Gasteiger partial charge is 0.325 e. The number of hydrogen-bond donors (Lipinski definition) is 2. The fraction of sp³-hybridized carbons (Fsp3) is 0.467. The van der Waals surface area contributed by atoms with Crippen molar-refractivity contribution in [1.29, 1.82) is 0 Å². The summed E-state index contributed by atoms with van der Waals surface area (Å²) >= 11 is 6.03. The molecule has 1 heterocycles. The van der Waals surface area contributed by atoms with Gasteiger partial charge in [0.2, 0.25) is 0 Å². The number of carbonyl (C=O) groups excluding carboxylic acids is 2. The van der Waals surface area contributed by atoms with Gasteiger partial charge in [0.15, 0.2) is 0 Å². The molecule has 3 amide bonds. The Hall–Kier alpha value is -1.79. The minimum atomic E-state index is -0.999. The number of hydrogen-bond acceptors (Lipinski definition) is 4. The van der Waals surface area contributed by atoms with Gasteiger partial charge in [0.1, 0.15) is 24.0 Å². The average molecular weight is 327 g/mol. The van der Waals surface area contributed by atoms with E-state index in [0.29, 0.717) is 10.8 Å². The van der Waals surface area contributed by atoms with Gasteiger partial charge in [-0.1, -0.05) is 17.7 Å².